The molecule has 1 amide bonds. The van der Waals surface area contributed by atoms with E-state index < -0.39 is 12.0 Å². The number of carbonyl (C=O) groups is 1. The molecule has 6 heteroatoms. The quantitative estimate of drug-likeness (QED) is 0.931. The Balaban J connectivity index is 1.98. The lowest BCUT2D eigenvalue weighted by atomic mass is 9.90. The Morgan fingerprint density at radius 1 is 1.35 bits per heavy atom. The van der Waals surface area contributed by atoms with Crippen LogP contribution in [-0.4, -0.2) is 35.7 Å². The smallest absolute Gasteiger partial charge is 0.247 e. The summed E-state index contributed by atoms with van der Waals surface area (Å²) < 4.78 is 10.9. The van der Waals surface area contributed by atoms with Crippen LogP contribution in [-0.2, 0) is 9.53 Å². The zero-order chi connectivity index (χ0) is 16.2. The standard InChI is InChI=1S/C17H19N3O3/c1-22-15-7-3-2-5-11(15)13-9-14(20-10-19-13)12-6-4-8-23-16(12)17(18)21/h2-3,5,7,9-10,12,16H,4,6,8H2,1H3,(H2,18,21). The van der Waals surface area contributed by atoms with Crippen molar-refractivity contribution in [3.63, 3.8) is 0 Å². The monoisotopic (exact) mass is 313 g/mol. The molecule has 2 heterocycles. The van der Waals surface area contributed by atoms with E-state index in [1.807, 2.05) is 30.3 Å². The van der Waals surface area contributed by atoms with Crippen LogP contribution in [0, 0.1) is 0 Å². The minimum absolute atomic E-state index is 0.141. The highest BCUT2D eigenvalue weighted by Gasteiger charge is 2.33. The van der Waals surface area contributed by atoms with Gasteiger partial charge in [0, 0.05) is 18.1 Å². The summed E-state index contributed by atoms with van der Waals surface area (Å²) >= 11 is 0. The Morgan fingerprint density at radius 3 is 2.96 bits per heavy atom. The van der Waals surface area contributed by atoms with Gasteiger partial charge in [-0.1, -0.05) is 12.1 Å². The summed E-state index contributed by atoms with van der Waals surface area (Å²) in [4.78, 5) is 20.3. The van der Waals surface area contributed by atoms with Crippen LogP contribution in [0.4, 0.5) is 0 Å². The summed E-state index contributed by atoms with van der Waals surface area (Å²) in [6.45, 7) is 0.550. The summed E-state index contributed by atoms with van der Waals surface area (Å²) in [6.07, 6.45) is 2.56. The second kappa shape index (κ2) is 6.75. The number of benzene rings is 1. The predicted octanol–water partition coefficient (Wildman–Crippen LogP) is 1.90. The maximum atomic E-state index is 11.6. The van der Waals surface area contributed by atoms with Crippen LogP contribution in [0.5, 0.6) is 5.75 Å². The zero-order valence-electron chi connectivity index (χ0n) is 12.9. The van der Waals surface area contributed by atoms with E-state index in [4.69, 9.17) is 15.2 Å². The van der Waals surface area contributed by atoms with Gasteiger partial charge in [-0.15, -0.1) is 0 Å². The molecule has 1 aliphatic rings. The van der Waals surface area contributed by atoms with Gasteiger partial charge in [0.15, 0.2) is 0 Å². The second-order valence-electron chi connectivity index (χ2n) is 5.47. The fraction of sp³-hybridized carbons (Fsp3) is 0.353. The molecule has 0 saturated carbocycles. The molecule has 2 N–H and O–H groups in total. The van der Waals surface area contributed by atoms with Crippen LogP contribution in [0.25, 0.3) is 11.3 Å². The van der Waals surface area contributed by atoms with Gasteiger partial charge in [-0.05, 0) is 31.0 Å². The molecule has 1 fully saturated rings. The molecule has 1 saturated heterocycles. The molecule has 6 nitrogen and oxygen atoms in total. The Hall–Kier alpha value is -2.47. The van der Waals surface area contributed by atoms with Crippen LogP contribution in [0.15, 0.2) is 36.7 Å². The molecule has 2 aromatic rings. The number of ether oxygens (including phenoxy) is 2. The lowest BCUT2D eigenvalue weighted by Crippen LogP contribution is -2.39. The average Bonchev–Trinajstić information content (AvgIpc) is 2.61. The van der Waals surface area contributed by atoms with Crippen molar-refractivity contribution >= 4 is 5.91 Å². The predicted molar refractivity (Wildman–Crippen MR) is 84.9 cm³/mol. The summed E-state index contributed by atoms with van der Waals surface area (Å²) in [5.41, 5.74) is 7.86. The van der Waals surface area contributed by atoms with E-state index >= 15 is 0 Å². The summed E-state index contributed by atoms with van der Waals surface area (Å²) in [7, 11) is 1.62. The minimum atomic E-state index is -0.635. The van der Waals surface area contributed by atoms with E-state index in [-0.39, 0.29) is 5.92 Å². The maximum Gasteiger partial charge on any atom is 0.247 e. The summed E-state index contributed by atoms with van der Waals surface area (Å²) in [5.74, 6) is 0.147. The van der Waals surface area contributed by atoms with E-state index in [9.17, 15) is 4.79 Å². The Labute approximate surface area is 134 Å². The van der Waals surface area contributed by atoms with Crippen LogP contribution < -0.4 is 10.5 Å². The third-order valence-electron chi connectivity index (χ3n) is 4.05. The molecular formula is C17H19N3O3. The maximum absolute atomic E-state index is 11.6. The van der Waals surface area contributed by atoms with Gasteiger partial charge in [0.1, 0.15) is 18.2 Å². The van der Waals surface area contributed by atoms with Gasteiger partial charge in [0.25, 0.3) is 0 Å². The van der Waals surface area contributed by atoms with Gasteiger partial charge >= 0.3 is 0 Å². The van der Waals surface area contributed by atoms with Crippen LogP contribution in [0.3, 0.4) is 0 Å². The number of carbonyl (C=O) groups excluding carboxylic acids is 1. The number of hydrogen-bond acceptors (Lipinski definition) is 5. The van der Waals surface area contributed by atoms with Crippen molar-refractivity contribution in [2.24, 2.45) is 5.73 Å². The molecule has 2 atom stereocenters. The van der Waals surface area contributed by atoms with Crippen LogP contribution >= 0.6 is 0 Å². The third-order valence-corrected chi connectivity index (χ3v) is 4.05. The number of nitrogens with zero attached hydrogens (tertiary/aromatic N) is 2. The van der Waals surface area contributed by atoms with Gasteiger partial charge in [0.2, 0.25) is 5.91 Å². The summed E-state index contributed by atoms with van der Waals surface area (Å²) in [6, 6.07) is 9.53. The third kappa shape index (κ3) is 3.17. The molecule has 3 rings (SSSR count). The number of primary amides is 1. The molecule has 1 aromatic carbocycles. The van der Waals surface area contributed by atoms with Crippen molar-refractivity contribution in [1.82, 2.24) is 9.97 Å². The number of nitrogens with two attached hydrogens (primary N) is 1. The highest BCUT2D eigenvalue weighted by Crippen LogP contribution is 2.33. The molecule has 0 bridgehead atoms. The van der Waals surface area contributed by atoms with Crippen LogP contribution in [0.2, 0.25) is 0 Å². The Bertz CT molecular complexity index is 705. The van der Waals surface area contributed by atoms with Gasteiger partial charge in [-0.25, -0.2) is 9.97 Å². The van der Waals surface area contributed by atoms with E-state index in [0.717, 1.165) is 35.5 Å². The fourth-order valence-corrected chi connectivity index (χ4v) is 2.94. The lowest BCUT2D eigenvalue weighted by molar-refractivity contribution is -0.133. The van der Waals surface area contributed by atoms with Crippen molar-refractivity contribution < 1.29 is 14.3 Å². The highest BCUT2D eigenvalue weighted by molar-refractivity contribution is 5.80. The van der Waals surface area contributed by atoms with E-state index in [1.54, 1.807) is 7.11 Å². The number of methoxy groups -OCH3 is 1. The first kappa shape index (κ1) is 15.4. The van der Waals surface area contributed by atoms with Gasteiger partial charge < -0.3 is 15.2 Å². The Morgan fingerprint density at radius 2 is 2.17 bits per heavy atom. The number of hydrogen-bond donors (Lipinski definition) is 1. The first-order valence-electron chi connectivity index (χ1n) is 7.57. The number of para-hydroxylation sites is 1. The topological polar surface area (TPSA) is 87.3 Å². The van der Waals surface area contributed by atoms with Crippen LogP contribution in [0.1, 0.15) is 24.5 Å². The van der Waals surface area contributed by atoms with Gasteiger partial charge in [0.05, 0.1) is 18.5 Å². The molecule has 2 unspecified atom stereocenters. The van der Waals surface area contributed by atoms with Crippen molar-refractivity contribution in [2.75, 3.05) is 13.7 Å². The molecule has 0 aliphatic carbocycles. The van der Waals surface area contributed by atoms with E-state index in [0.29, 0.717) is 6.61 Å². The van der Waals surface area contributed by atoms with Crippen molar-refractivity contribution in [2.45, 2.75) is 24.9 Å². The zero-order valence-corrected chi connectivity index (χ0v) is 12.9. The highest BCUT2D eigenvalue weighted by atomic mass is 16.5. The normalized spacial score (nSPS) is 20.9. The van der Waals surface area contributed by atoms with E-state index in [2.05, 4.69) is 9.97 Å². The molecule has 1 aliphatic heterocycles. The average molecular weight is 313 g/mol. The lowest BCUT2D eigenvalue weighted by Gasteiger charge is -2.29. The molecule has 1 aromatic heterocycles. The first-order chi connectivity index (χ1) is 11.2. The molecule has 0 radical (unpaired) electrons. The second-order valence-corrected chi connectivity index (χ2v) is 5.47. The number of aromatic nitrogens is 2. The fourth-order valence-electron chi connectivity index (χ4n) is 2.94. The summed E-state index contributed by atoms with van der Waals surface area (Å²) in [5, 5.41) is 0. The Kier molecular flexibility index (Phi) is 4.52. The first-order valence-corrected chi connectivity index (χ1v) is 7.57. The minimum Gasteiger partial charge on any atom is -0.496 e. The molecule has 120 valence electrons. The number of rotatable bonds is 4. The van der Waals surface area contributed by atoms with Crippen molar-refractivity contribution in [3.05, 3.63) is 42.4 Å². The van der Waals surface area contributed by atoms with E-state index in [1.165, 1.54) is 6.33 Å². The van der Waals surface area contributed by atoms with Gasteiger partial charge in [-0.3, -0.25) is 4.79 Å². The van der Waals surface area contributed by atoms with Crippen molar-refractivity contribution in [3.8, 4) is 17.0 Å². The number of amides is 1. The molecular weight excluding hydrogens is 294 g/mol. The molecule has 0 spiro atoms. The van der Waals surface area contributed by atoms with Gasteiger partial charge in [-0.2, -0.15) is 0 Å². The molecule has 23 heavy (non-hydrogen) atoms. The largest absolute Gasteiger partial charge is 0.496 e. The SMILES string of the molecule is COc1ccccc1-c1cc(C2CCCOC2C(N)=O)ncn1. The van der Waals surface area contributed by atoms with Crippen molar-refractivity contribution in [1.29, 1.82) is 0 Å².